The molecule has 0 radical (unpaired) electrons. The number of nitrogens with zero attached hydrogens (tertiary/aromatic N) is 2. The van der Waals surface area contributed by atoms with Crippen molar-refractivity contribution in [3.05, 3.63) is 71.5 Å². The Kier molecular flexibility index (Phi) is 5.18. The number of amides is 2. The molecule has 1 atom stereocenters. The second-order valence-corrected chi connectivity index (χ2v) is 7.76. The Labute approximate surface area is 169 Å². The predicted molar refractivity (Wildman–Crippen MR) is 109 cm³/mol. The number of hydrogen-bond acceptors (Lipinski definition) is 3. The molecular formula is C23H24FN3O2. The van der Waals surface area contributed by atoms with Crippen molar-refractivity contribution >= 4 is 17.5 Å². The first-order valence-corrected chi connectivity index (χ1v) is 10.1. The Morgan fingerprint density at radius 3 is 2.34 bits per heavy atom. The van der Waals surface area contributed by atoms with E-state index in [4.69, 9.17) is 10.7 Å². The predicted octanol–water partition coefficient (Wildman–Crippen LogP) is 3.73. The van der Waals surface area contributed by atoms with E-state index in [-0.39, 0.29) is 5.91 Å². The molecule has 2 N–H and O–H groups in total. The molecule has 1 spiro atoms. The minimum atomic E-state index is -1.07. The second-order valence-electron chi connectivity index (χ2n) is 7.76. The molecule has 1 fully saturated rings. The minimum absolute atomic E-state index is 0.328. The molecule has 4 rings (SSSR count). The summed E-state index contributed by atoms with van der Waals surface area (Å²) in [6, 6.07) is 13.9. The molecule has 29 heavy (non-hydrogen) atoms. The van der Waals surface area contributed by atoms with E-state index in [0.29, 0.717) is 29.7 Å². The van der Waals surface area contributed by atoms with Crippen LogP contribution in [0.25, 0.3) is 0 Å². The van der Waals surface area contributed by atoms with Crippen molar-refractivity contribution in [3.8, 4) is 0 Å². The zero-order valence-electron chi connectivity index (χ0n) is 16.2. The molecule has 1 aliphatic heterocycles. The van der Waals surface area contributed by atoms with E-state index in [1.165, 1.54) is 23.1 Å². The lowest BCUT2D eigenvalue weighted by Gasteiger charge is -2.40. The van der Waals surface area contributed by atoms with Crippen LogP contribution < -0.4 is 5.73 Å². The molecule has 1 heterocycles. The zero-order chi connectivity index (χ0) is 20.4. The summed E-state index contributed by atoms with van der Waals surface area (Å²) in [5.74, 6) is -1.48. The van der Waals surface area contributed by atoms with Gasteiger partial charge in [0.1, 0.15) is 23.2 Å². The largest absolute Gasteiger partial charge is 0.368 e. The fraction of sp³-hybridized carbons (Fsp3) is 0.348. The topological polar surface area (TPSA) is 75.8 Å². The molecule has 1 aliphatic carbocycles. The average molecular weight is 393 g/mol. The maximum Gasteiger partial charge on any atom is 0.275 e. The summed E-state index contributed by atoms with van der Waals surface area (Å²) in [6.45, 7) is 0. The van der Waals surface area contributed by atoms with Crippen molar-refractivity contribution < 1.29 is 14.0 Å². The van der Waals surface area contributed by atoms with Crippen molar-refractivity contribution in [1.29, 1.82) is 0 Å². The Morgan fingerprint density at radius 2 is 1.72 bits per heavy atom. The van der Waals surface area contributed by atoms with E-state index in [0.717, 1.165) is 25.7 Å². The van der Waals surface area contributed by atoms with Gasteiger partial charge in [0.05, 0.1) is 0 Å². The van der Waals surface area contributed by atoms with Gasteiger partial charge in [-0.1, -0.05) is 55.3 Å². The molecule has 0 saturated heterocycles. The molecule has 2 amide bonds. The highest BCUT2D eigenvalue weighted by Crippen LogP contribution is 2.43. The fourth-order valence-electron chi connectivity index (χ4n) is 4.52. The van der Waals surface area contributed by atoms with Gasteiger partial charge in [0.25, 0.3) is 5.91 Å². The van der Waals surface area contributed by atoms with Gasteiger partial charge < -0.3 is 5.73 Å². The maximum absolute atomic E-state index is 13.9. The van der Waals surface area contributed by atoms with Gasteiger partial charge >= 0.3 is 0 Å². The Hall–Kier alpha value is -3.02. The summed E-state index contributed by atoms with van der Waals surface area (Å²) in [5.41, 5.74) is 6.37. The summed E-state index contributed by atoms with van der Waals surface area (Å²) in [5, 5.41) is 0. The quantitative estimate of drug-likeness (QED) is 0.859. The molecule has 1 unspecified atom stereocenters. The number of carbonyl (C=O) groups is 2. The molecule has 6 heteroatoms. The fourth-order valence-corrected chi connectivity index (χ4v) is 4.52. The standard InChI is InChI=1S/C23H24FN3O2/c24-18-12-8-11-17(15-18)20(21(25)28)27-22(29)19(16-9-4-3-5-10-16)26-23(27)13-6-1-2-7-14-23/h3-5,8-12,15,20H,1-2,6-7,13-14H2,(H2,25,28). The van der Waals surface area contributed by atoms with Gasteiger partial charge in [-0.3, -0.25) is 19.5 Å². The number of primary amides is 1. The molecular weight excluding hydrogens is 369 g/mol. The third-order valence-electron chi connectivity index (χ3n) is 5.83. The van der Waals surface area contributed by atoms with Crippen molar-refractivity contribution in [2.75, 3.05) is 0 Å². The highest BCUT2D eigenvalue weighted by molar-refractivity contribution is 6.47. The number of benzene rings is 2. The van der Waals surface area contributed by atoms with Crippen LogP contribution in [0.3, 0.4) is 0 Å². The average Bonchev–Trinajstić information content (AvgIpc) is 2.85. The van der Waals surface area contributed by atoms with Gasteiger partial charge in [0, 0.05) is 5.56 Å². The van der Waals surface area contributed by atoms with E-state index in [2.05, 4.69) is 0 Å². The molecule has 5 nitrogen and oxygen atoms in total. The third-order valence-corrected chi connectivity index (χ3v) is 5.83. The van der Waals surface area contributed by atoms with Crippen molar-refractivity contribution in [2.45, 2.75) is 50.2 Å². The SMILES string of the molecule is NC(=O)C(c1cccc(F)c1)N1C(=O)C(c2ccccc2)=NC12CCCCCC2. The van der Waals surface area contributed by atoms with Gasteiger partial charge in [-0.25, -0.2) is 4.39 Å². The second kappa shape index (κ2) is 7.78. The smallest absolute Gasteiger partial charge is 0.275 e. The first-order valence-electron chi connectivity index (χ1n) is 10.1. The number of nitrogens with two attached hydrogens (primary N) is 1. The van der Waals surface area contributed by atoms with Crippen LogP contribution in [0.2, 0.25) is 0 Å². The molecule has 150 valence electrons. The van der Waals surface area contributed by atoms with Gasteiger partial charge in [-0.2, -0.15) is 0 Å². The number of aliphatic imine (C=N–C) groups is 1. The Balaban J connectivity index is 1.85. The molecule has 0 bridgehead atoms. The van der Waals surface area contributed by atoms with Gasteiger partial charge in [0.15, 0.2) is 0 Å². The molecule has 2 aromatic rings. The highest BCUT2D eigenvalue weighted by Gasteiger charge is 2.51. The zero-order valence-corrected chi connectivity index (χ0v) is 16.2. The Morgan fingerprint density at radius 1 is 1.03 bits per heavy atom. The van der Waals surface area contributed by atoms with Crippen LogP contribution in [0, 0.1) is 5.82 Å². The number of rotatable bonds is 4. The monoisotopic (exact) mass is 393 g/mol. The summed E-state index contributed by atoms with van der Waals surface area (Å²) in [7, 11) is 0. The van der Waals surface area contributed by atoms with Crippen molar-refractivity contribution in [2.24, 2.45) is 10.7 Å². The van der Waals surface area contributed by atoms with Crippen LogP contribution >= 0.6 is 0 Å². The maximum atomic E-state index is 13.9. The minimum Gasteiger partial charge on any atom is -0.368 e. The van der Waals surface area contributed by atoms with Gasteiger partial charge in [-0.05, 0) is 43.4 Å². The molecule has 2 aliphatic rings. The van der Waals surface area contributed by atoms with Gasteiger partial charge in [0.2, 0.25) is 5.91 Å². The Bertz CT molecular complexity index is 950. The van der Waals surface area contributed by atoms with Crippen molar-refractivity contribution in [1.82, 2.24) is 4.90 Å². The normalized spacial score (nSPS) is 19.7. The lowest BCUT2D eigenvalue weighted by atomic mass is 9.94. The summed E-state index contributed by atoms with van der Waals surface area (Å²) in [4.78, 5) is 32.6. The number of hydrogen-bond donors (Lipinski definition) is 1. The van der Waals surface area contributed by atoms with Crippen LogP contribution in [0.5, 0.6) is 0 Å². The van der Waals surface area contributed by atoms with Crippen LogP contribution in [0.1, 0.15) is 55.7 Å². The van der Waals surface area contributed by atoms with E-state index < -0.39 is 23.4 Å². The van der Waals surface area contributed by atoms with E-state index in [9.17, 15) is 14.0 Å². The van der Waals surface area contributed by atoms with Crippen molar-refractivity contribution in [3.63, 3.8) is 0 Å². The first-order chi connectivity index (χ1) is 14.0. The highest BCUT2D eigenvalue weighted by atomic mass is 19.1. The lowest BCUT2D eigenvalue weighted by Crippen LogP contribution is -2.52. The molecule has 1 saturated carbocycles. The molecule has 0 aromatic heterocycles. The number of halogens is 1. The van der Waals surface area contributed by atoms with Crippen LogP contribution in [-0.4, -0.2) is 28.1 Å². The van der Waals surface area contributed by atoms with E-state index in [1.807, 2.05) is 30.3 Å². The molecule has 2 aromatic carbocycles. The van der Waals surface area contributed by atoms with Gasteiger partial charge in [-0.15, -0.1) is 0 Å². The van der Waals surface area contributed by atoms with E-state index >= 15 is 0 Å². The van der Waals surface area contributed by atoms with Crippen LogP contribution in [-0.2, 0) is 9.59 Å². The lowest BCUT2D eigenvalue weighted by molar-refractivity contribution is -0.140. The van der Waals surface area contributed by atoms with Crippen LogP contribution in [0.15, 0.2) is 59.6 Å². The first kappa shape index (κ1) is 19.3. The summed E-state index contributed by atoms with van der Waals surface area (Å²) in [6.07, 6.45) is 5.25. The third kappa shape index (κ3) is 3.55. The number of carbonyl (C=O) groups excluding carboxylic acids is 2. The summed E-state index contributed by atoms with van der Waals surface area (Å²) < 4.78 is 13.9. The summed E-state index contributed by atoms with van der Waals surface area (Å²) >= 11 is 0. The van der Waals surface area contributed by atoms with E-state index in [1.54, 1.807) is 6.07 Å². The van der Waals surface area contributed by atoms with Crippen LogP contribution in [0.4, 0.5) is 4.39 Å².